The number of hydrogen-bond donors (Lipinski definition) is 0. The van der Waals surface area contributed by atoms with Crippen LogP contribution in [-0.4, -0.2) is 52.8 Å². The van der Waals surface area contributed by atoms with E-state index in [0.29, 0.717) is 67.1 Å². The highest BCUT2D eigenvalue weighted by Gasteiger charge is 2.58. The zero-order valence-electron chi connectivity index (χ0n) is 44.2. The average Bonchev–Trinajstić information content (AvgIpc) is 4.19. The summed E-state index contributed by atoms with van der Waals surface area (Å²) >= 11 is 0. The fourth-order valence-corrected chi connectivity index (χ4v) is 13.3. The van der Waals surface area contributed by atoms with Crippen LogP contribution >= 0.6 is 0 Å². The molecule has 77 heavy (non-hydrogen) atoms. The molecule has 8 aromatic rings. The zero-order valence-corrected chi connectivity index (χ0v) is 44.2. The number of carbonyl (C=O) groups is 3. The molecule has 0 N–H and O–H groups in total. The van der Waals surface area contributed by atoms with Crippen LogP contribution in [0.15, 0.2) is 138 Å². The molecule has 388 valence electrons. The van der Waals surface area contributed by atoms with Gasteiger partial charge in [-0.15, -0.1) is 0 Å². The molecule has 11 heteroatoms. The third kappa shape index (κ3) is 8.59. The molecule has 2 aliphatic carbocycles. The van der Waals surface area contributed by atoms with E-state index in [0.717, 1.165) is 94.2 Å². The van der Waals surface area contributed by atoms with Crippen molar-refractivity contribution in [3.05, 3.63) is 183 Å². The molecule has 0 bridgehead atoms. The van der Waals surface area contributed by atoms with E-state index in [2.05, 4.69) is 78.9 Å². The first kappa shape index (κ1) is 49.9. The Kier molecular flexibility index (Phi) is 13.1. The summed E-state index contributed by atoms with van der Waals surface area (Å²) in [5.41, 5.74) is 11.7. The van der Waals surface area contributed by atoms with Gasteiger partial charge >= 0.3 is 24.9 Å². The van der Waals surface area contributed by atoms with Crippen molar-refractivity contribution in [3.63, 3.8) is 0 Å². The minimum atomic E-state index is -4.56. The lowest BCUT2D eigenvalue weighted by atomic mass is 9.78. The van der Waals surface area contributed by atoms with Crippen LogP contribution in [0.5, 0.6) is 5.75 Å². The van der Waals surface area contributed by atoms with Gasteiger partial charge in [-0.3, -0.25) is 4.79 Å². The predicted molar refractivity (Wildman–Crippen MR) is 305 cm³/mol. The Labute approximate surface area is 447 Å². The summed E-state index contributed by atoms with van der Waals surface area (Å²) in [4.78, 5) is 38.9. The van der Waals surface area contributed by atoms with Gasteiger partial charge < -0.3 is 31.8 Å². The lowest BCUT2D eigenvalue weighted by Gasteiger charge is -2.35. The van der Waals surface area contributed by atoms with E-state index in [4.69, 9.17) is 14.2 Å². The third-order valence-corrected chi connectivity index (χ3v) is 16.4. The Morgan fingerprint density at radius 2 is 1.25 bits per heavy atom. The summed E-state index contributed by atoms with van der Waals surface area (Å²) < 4.78 is 55.3. The molecule has 3 heterocycles. The van der Waals surface area contributed by atoms with E-state index in [1.165, 1.54) is 81.9 Å². The Hall–Kier alpha value is -7.92. The van der Waals surface area contributed by atoms with E-state index in [-0.39, 0.29) is 19.2 Å². The molecule has 0 saturated carbocycles. The fraction of sp³-hybridized carbons (Fsp3) is 0.273. The summed E-state index contributed by atoms with van der Waals surface area (Å²) in [6.07, 6.45) is 14.1. The number of benzene rings is 7. The fourth-order valence-electron chi connectivity index (χ4n) is 13.3. The van der Waals surface area contributed by atoms with Gasteiger partial charge in [0.25, 0.3) is 0 Å². The van der Waals surface area contributed by atoms with Crippen molar-refractivity contribution in [2.45, 2.75) is 105 Å². The second-order valence-electron chi connectivity index (χ2n) is 21.1. The predicted octanol–water partition coefficient (Wildman–Crippen LogP) is 15.0. The normalized spacial score (nSPS) is 16.1. The molecule has 0 fully saturated rings. The molecular weight excluding hydrogens is 966 g/mol. The van der Waals surface area contributed by atoms with Crippen LogP contribution in [0, 0.1) is 13.8 Å². The third-order valence-electron chi connectivity index (χ3n) is 16.4. The standard InChI is InChI=1S/C66H61BF2N2O6/c1-5-75-58(72)36-34-56-48-19-8-10-21-54(48)65-64(66-55-22-11-9-20-49(55)57(35-37-59(73)76-6-2)71(66)67(68,69)70(56)65)61-40(3)38-45(39-41(61)4)42-28-31-46(32-29-42)77-60(74)27-12-7-16-43-30-33-53-51-25-14-18-44-17-13-24-50(62(44)51)52-26-15-23-47(43)63(52)53/h13-15,17-18,23-26,28-39H,5-12,16,19-22,27H2,1-4H3/b36-34+,37-35+. The highest BCUT2D eigenvalue weighted by molar-refractivity contribution is 6.59. The molecule has 0 radical (unpaired) electrons. The van der Waals surface area contributed by atoms with Crippen LogP contribution in [0.4, 0.5) is 8.63 Å². The molecular formula is C66H61BF2N2O6. The van der Waals surface area contributed by atoms with Crippen molar-refractivity contribution < 1.29 is 41.7 Å². The van der Waals surface area contributed by atoms with Crippen LogP contribution < -0.4 is 4.74 Å². The molecule has 7 aromatic carbocycles. The van der Waals surface area contributed by atoms with Gasteiger partial charge in [0, 0.05) is 47.2 Å². The first-order chi connectivity index (χ1) is 37.5. The summed E-state index contributed by atoms with van der Waals surface area (Å²) in [6, 6.07) is 36.1. The number of esters is 3. The number of aryl methyl sites for hydroxylation is 3. The molecule has 0 amide bonds. The number of carbonyl (C=O) groups excluding carboxylic acids is 3. The van der Waals surface area contributed by atoms with Gasteiger partial charge in [-0.2, -0.15) is 0 Å². The minimum absolute atomic E-state index is 0.164. The molecule has 1 aromatic heterocycles. The van der Waals surface area contributed by atoms with Crippen molar-refractivity contribution in [3.8, 4) is 16.9 Å². The van der Waals surface area contributed by atoms with Crippen molar-refractivity contribution >= 4 is 85.3 Å². The summed E-state index contributed by atoms with van der Waals surface area (Å²) in [5, 5.41) is 10.2. The van der Waals surface area contributed by atoms with Gasteiger partial charge in [0.05, 0.1) is 18.8 Å². The Balaban J connectivity index is 0.830. The zero-order chi connectivity index (χ0) is 53.1. The van der Waals surface area contributed by atoms with Crippen LogP contribution in [0.25, 0.3) is 65.9 Å². The molecule has 12 rings (SSSR count). The number of hydrogen-bond acceptors (Lipinski definition) is 6. The number of fused-ring (bicyclic) bond motifs is 7. The highest BCUT2D eigenvalue weighted by Crippen LogP contribution is 2.52. The molecule has 4 aliphatic rings. The number of ether oxygens (including phenoxy) is 3. The number of halogens is 2. The molecule has 0 spiro atoms. The molecule has 0 unspecified atom stereocenters. The SMILES string of the molecule is CCOC(=O)/C=C/C1=[N+]2C(=C(c3c(C)cc(-c4ccc(OC(=O)CCCCc5ccc6c7cccc8cccc(c9cccc5c96)c87)cc4)cc3C)c3c4c(c(/C=C/C(=O)OCC)n3[B-]2(F)F)CCCC4)C2=C1CCCC2. The van der Waals surface area contributed by atoms with E-state index in [1.807, 2.05) is 38.1 Å². The Bertz CT molecular complexity index is 3860. The second kappa shape index (κ2) is 20.2. The number of aromatic nitrogens is 1. The van der Waals surface area contributed by atoms with Gasteiger partial charge in [0.1, 0.15) is 5.75 Å². The minimum Gasteiger partial charge on any atom is -0.463 e. The van der Waals surface area contributed by atoms with Crippen LogP contribution in [0.2, 0.25) is 0 Å². The smallest absolute Gasteiger partial charge is 0.463 e. The topological polar surface area (TPSA) is 86.8 Å². The van der Waals surface area contributed by atoms with Crippen LogP contribution in [-0.2, 0) is 43.1 Å². The quantitative estimate of drug-likeness (QED) is 0.0205. The van der Waals surface area contributed by atoms with Gasteiger partial charge in [-0.25, -0.2) is 9.59 Å². The Morgan fingerprint density at radius 3 is 1.94 bits per heavy atom. The van der Waals surface area contributed by atoms with Gasteiger partial charge in [-0.05, 0) is 204 Å². The van der Waals surface area contributed by atoms with E-state index in [9.17, 15) is 14.4 Å². The van der Waals surface area contributed by atoms with Crippen molar-refractivity contribution in [1.82, 2.24) is 4.48 Å². The molecule has 0 atom stereocenters. The van der Waals surface area contributed by atoms with E-state index >= 15 is 8.63 Å². The van der Waals surface area contributed by atoms with Crippen LogP contribution in [0.3, 0.4) is 0 Å². The Morgan fingerprint density at radius 1 is 0.649 bits per heavy atom. The van der Waals surface area contributed by atoms with Crippen molar-refractivity contribution in [1.29, 1.82) is 0 Å². The van der Waals surface area contributed by atoms with Crippen LogP contribution in [0.1, 0.15) is 116 Å². The van der Waals surface area contributed by atoms with E-state index < -0.39 is 18.9 Å². The molecule has 2 aliphatic heterocycles. The van der Waals surface area contributed by atoms with Crippen molar-refractivity contribution in [2.75, 3.05) is 13.2 Å². The van der Waals surface area contributed by atoms with Gasteiger partial charge in [0.2, 0.25) is 0 Å². The number of rotatable bonds is 14. The molecule has 0 saturated heterocycles. The van der Waals surface area contributed by atoms with Gasteiger partial charge in [0.15, 0.2) is 11.4 Å². The molecule has 8 nitrogen and oxygen atoms in total. The lowest BCUT2D eigenvalue weighted by Crippen LogP contribution is -2.52. The second-order valence-corrected chi connectivity index (χ2v) is 21.1. The largest absolute Gasteiger partial charge is 0.737 e. The first-order valence-electron chi connectivity index (χ1n) is 27.6. The maximum atomic E-state index is 18.2. The summed E-state index contributed by atoms with van der Waals surface area (Å²) in [5.74, 6) is -0.988. The average molecular weight is 1030 g/mol. The number of unbranched alkanes of at least 4 members (excludes halogenated alkanes) is 1. The highest BCUT2D eigenvalue weighted by atomic mass is 19.2. The number of allylic oxidation sites excluding steroid dienone is 3. The summed E-state index contributed by atoms with van der Waals surface area (Å²) in [6.45, 7) is 3.29. The monoisotopic (exact) mass is 1030 g/mol. The maximum Gasteiger partial charge on any atom is 0.737 e. The lowest BCUT2D eigenvalue weighted by molar-refractivity contribution is -0.362. The summed E-state index contributed by atoms with van der Waals surface area (Å²) in [7, 11) is 0. The first-order valence-corrected chi connectivity index (χ1v) is 27.6. The number of nitrogens with zero attached hydrogens (tertiary/aromatic N) is 2. The maximum absolute atomic E-state index is 18.2. The van der Waals surface area contributed by atoms with Gasteiger partial charge in [-0.1, -0.05) is 91.0 Å². The van der Waals surface area contributed by atoms with E-state index in [1.54, 1.807) is 13.8 Å². The van der Waals surface area contributed by atoms with Crippen molar-refractivity contribution in [2.24, 2.45) is 0 Å².